The van der Waals surface area contributed by atoms with Crippen LogP contribution in [0.15, 0.2) is 0 Å². The normalized spacial score (nSPS) is 13.6. The number of hydrogen-bond acceptors (Lipinski definition) is 4. The van der Waals surface area contributed by atoms with Crippen LogP contribution >= 0.6 is 0 Å². The quantitative estimate of drug-likeness (QED) is 0.602. The molecule has 0 saturated carbocycles. The molecule has 0 aromatic heterocycles. The molecule has 18 heavy (non-hydrogen) atoms. The smallest absolute Gasteiger partial charge is 0.305 e. The monoisotopic (exact) mass is 279 g/mol. The van der Waals surface area contributed by atoms with Gasteiger partial charge in [-0.15, -0.1) is 0 Å². The lowest BCUT2D eigenvalue weighted by atomic mass is 10.1. The summed E-state index contributed by atoms with van der Waals surface area (Å²) in [5.74, 6) is -0.0117. The molecule has 0 spiro atoms. The van der Waals surface area contributed by atoms with Gasteiger partial charge in [0.1, 0.15) is 0 Å². The van der Waals surface area contributed by atoms with E-state index in [9.17, 15) is 13.2 Å². The molecule has 108 valence electrons. The molecule has 0 aromatic carbocycles. The predicted molar refractivity (Wildman–Crippen MR) is 71.7 cm³/mol. The lowest BCUT2D eigenvalue weighted by molar-refractivity contribution is -0.140. The largest absolute Gasteiger partial charge is 0.469 e. The van der Waals surface area contributed by atoms with Crippen molar-refractivity contribution in [2.45, 2.75) is 40.0 Å². The van der Waals surface area contributed by atoms with E-state index in [0.29, 0.717) is 25.4 Å². The topological polar surface area (TPSA) is 63.7 Å². The van der Waals surface area contributed by atoms with E-state index in [0.717, 1.165) is 6.42 Å². The molecule has 1 atom stereocenters. The van der Waals surface area contributed by atoms with Gasteiger partial charge < -0.3 is 4.74 Å². The number of hydrogen-bond donors (Lipinski definition) is 0. The maximum Gasteiger partial charge on any atom is 0.305 e. The third-order valence-corrected chi connectivity index (χ3v) is 4.97. The van der Waals surface area contributed by atoms with E-state index in [1.807, 2.05) is 20.8 Å². The molecular formula is C12H25NO4S. The molecule has 0 amide bonds. The van der Waals surface area contributed by atoms with Crippen LogP contribution in [0.25, 0.3) is 0 Å². The standard InChI is InChI=1S/C12H25NO4S/c1-5-11(3)10-13(6-2)18(15,16)9-7-8-12(14)17-4/h11H,5-10H2,1-4H3. The number of rotatable bonds is 9. The van der Waals surface area contributed by atoms with Crippen molar-refractivity contribution in [3.05, 3.63) is 0 Å². The maximum atomic E-state index is 12.1. The highest BCUT2D eigenvalue weighted by atomic mass is 32.2. The maximum absolute atomic E-state index is 12.1. The van der Waals surface area contributed by atoms with E-state index >= 15 is 0 Å². The SMILES string of the molecule is CCC(C)CN(CC)S(=O)(=O)CCCC(=O)OC. The van der Waals surface area contributed by atoms with Gasteiger partial charge in [-0.2, -0.15) is 0 Å². The van der Waals surface area contributed by atoms with Crippen molar-refractivity contribution >= 4 is 16.0 Å². The molecule has 0 saturated heterocycles. The van der Waals surface area contributed by atoms with Crippen LogP contribution in [-0.2, 0) is 19.6 Å². The minimum atomic E-state index is -3.26. The van der Waals surface area contributed by atoms with E-state index in [1.54, 1.807) is 0 Å². The van der Waals surface area contributed by atoms with Gasteiger partial charge in [-0.25, -0.2) is 12.7 Å². The van der Waals surface area contributed by atoms with Crippen molar-refractivity contribution in [3.63, 3.8) is 0 Å². The van der Waals surface area contributed by atoms with Crippen LogP contribution in [0.1, 0.15) is 40.0 Å². The predicted octanol–water partition coefficient (Wildman–Crippen LogP) is 1.64. The molecule has 0 aliphatic heterocycles. The fourth-order valence-electron chi connectivity index (χ4n) is 1.55. The summed E-state index contributed by atoms with van der Waals surface area (Å²) in [4.78, 5) is 10.9. The molecule has 0 bridgehead atoms. The number of esters is 1. The van der Waals surface area contributed by atoms with Gasteiger partial charge in [0.05, 0.1) is 12.9 Å². The Morgan fingerprint density at radius 3 is 2.39 bits per heavy atom. The van der Waals surface area contributed by atoms with Crippen LogP contribution in [0.3, 0.4) is 0 Å². The first-order valence-corrected chi connectivity index (χ1v) is 8.02. The summed E-state index contributed by atoms with van der Waals surface area (Å²) in [5.41, 5.74) is 0. The Kier molecular flexibility index (Phi) is 8.18. The molecule has 0 fully saturated rings. The molecule has 5 nitrogen and oxygen atoms in total. The van der Waals surface area contributed by atoms with Crippen LogP contribution in [-0.4, -0.2) is 44.6 Å². The number of carbonyl (C=O) groups excluding carboxylic acids is 1. The number of carbonyl (C=O) groups is 1. The second kappa shape index (κ2) is 8.48. The second-order valence-corrected chi connectivity index (χ2v) is 6.55. The molecule has 0 radical (unpaired) electrons. The minimum absolute atomic E-state index is 0.00632. The third kappa shape index (κ3) is 6.35. The Hall–Kier alpha value is -0.620. The van der Waals surface area contributed by atoms with E-state index in [2.05, 4.69) is 4.74 Å². The lowest BCUT2D eigenvalue weighted by Gasteiger charge is -2.23. The number of methoxy groups -OCH3 is 1. The summed E-state index contributed by atoms with van der Waals surface area (Å²) < 4.78 is 30.1. The van der Waals surface area contributed by atoms with Gasteiger partial charge in [-0.1, -0.05) is 27.2 Å². The molecule has 0 aromatic rings. The van der Waals surface area contributed by atoms with Crippen LogP contribution < -0.4 is 0 Å². The van der Waals surface area contributed by atoms with Gasteiger partial charge >= 0.3 is 5.97 Å². The zero-order valence-electron chi connectivity index (χ0n) is 11.8. The van der Waals surface area contributed by atoms with Crippen molar-refractivity contribution in [3.8, 4) is 0 Å². The number of ether oxygens (including phenoxy) is 1. The number of sulfonamides is 1. The van der Waals surface area contributed by atoms with Gasteiger partial charge in [0.15, 0.2) is 0 Å². The first-order valence-electron chi connectivity index (χ1n) is 6.42. The zero-order chi connectivity index (χ0) is 14.2. The van der Waals surface area contributed by atoms with Crippen molar-refractivity contribution in [1.29, 1.82) is 0 Å². The Balaban J connectivity index is 4.35. The summed E-state index contributed by atoms with van der Waals surface area (Å²) in [6, 6.07) is 0. The molecule has 6 heteroatoms. The van der Waals surface area contributed by atoms with Crippen molar-refractivity contribution < 1.29 is 17.9 Å². The molecule has 0 rings (SSSR count). The Labute approximate surface area is 111 Å². The van der Waals surface area contributed by atoms with E-state index in [4.69, 9.17) is 0 Å². The summed E-state index contributed by atoms with van der Waals surface area (Å²) in [7, 11) is -1.95. The highest BCUT2D eigenvalue weighted by Gasteiger charge is 2.21. The Morgan fingerprint density at radius 1 is 1.33 bits per heavy atom. The van der Waals surface area contributed by atoms with Crippen molar-refractivity contribution in [2.75, 3.05) is 26.0 Å². The van der Waals surface area contributed by atoms with Gasteiger partial charge in [0.2, 0.25) is 10.0 Å². The lowest BCUT2D eigenvalue weighted by Crippen LogP contribution is -2.36. The van der Waals surface area contributed by atoms with E-state index < -0.39 is 10.0 Å². The van der Waals surface area contributed by atoms with Crippen molar-refractivity contribution in [1.82, 2.24) is 4.31 Å². The third-order valence-electron chi connectivity index (χ3n) is 2.97. The first-order chi connectivity index (χ1) is 8.37. The fraction of sp³-hybridized carbons (Fsp3) is 0.917. The van der Waals surface area contributed by atoms with Gasteiger partial charge in [-0.3, -0.25) is 4.79 Å². The summed E-state index contributed by atoms with van der Waals surface area (Å²) in [6.07, 6.45) is 1.41. The van der Waals surface area contributed by atoms with Crippen LogP contribution in [0.2, 0.25) is 0 Å². The minimum Gasteiger partial charge on any atom is -0.469 e. The van der Waals surface area contributed by atoms with E-state index in [-0.39, 0.29) is 18.1 Å². The summed E-state index contributed by atoms with van der Waals surface area (Å²) >= 11 is 0. The Morgan fingerprint density at radius 2 is 1.94 bits per heavy atom. The number of nitrogens with zero attached hydrogens (tertiary/aromatic N) is 1. The molecular weight excluding hydrogens is 254 g/mol. The summed E-state index contributed by atoms with van der Waals surface area (Å²) in [6.45, 7) is 6.94. The van der Waals surface area contributed by atoms with Gasteiger partial charge in [-0.05, 0) is 12.3 Å². The van der Waals surface area contributed by atoms with Gasteiger partial charge in [0, 0.05) is 19.5 Å². The van der Waals surface area contributed by atoms with Crippen molar-refractivity contribution in [2.24, 2.45) is 5.92 Å². The summed E-state index contributed by atoms with van der Waals surface area (Å²) in [5, 5.41) is 0. The fourth-order valence-corrected chi connectivity index (χ4v) is 3.19. The van der Waals surface area contributed by atoms with Crippen LogP contribution in [0, 0.1) is 5.92 Å². The Bertz CT molecular complexity index is 340. The molecule has 0 aliphatic carbocycles. The average Bonchev–Trinajstić information content (AvgIpc) is 2.34. The highest BCUT2D eigenvalue weighted by Crippen LogP contribution is 2.11. The van der Waals surface area contributed by atoms with Gasteiger partial charge in [0.25, 0.3) is 0 Å². The van der Waals surface area contributed by atoms with E-state index in [1.165, 1.54) is 11.4 Å². The van der Waals surface area contributed by atoms with Crippen LogP contribution in [0.4, 0.5) is 0 Å². The molecule has 0 N–H and O–H groups in total. The second-order valence-electron chi connectivity index (χ2n) is 4.46. The van der Waals surface area contributed by atoms with Crippen LogP contribution in [0.5, 0.6) is 0 Å². The molecule has 0 aliphatic rings. The first kappa shape index (κ1) is 17.4. The zero-order valence-corrected chi connectivity index (χ0v) is 12.6. The highest BCUT2D eigenvalue weighted by molar-refractivity contribution is 7.89. The average molecular weight is 279 g/mol. The molecule has 0 heterocycles. The molecule has 1 unspecified atom stereocenters.